The van der Waals surface area contributed by atoms with Crippen LogP contribution in [0.1, 0.15) is 17.1 Å². The summed E-state index contributed by atoms with van der Waals surface area (Å²) in [4.78, 5) is 3.95. The Morgan fingerprint density at radius 2 is 2.12 bits per heavy atom. The fourth-order valence-corrected chi connectivity index (χ4v) is 1.53. The molecule has 2 rings (SSSR count). The zero-order chi connectivity index (χ0) is 12.4. The smallest absolute Gasteiger partial charge is 0.171 e. The van der Waals surface area contributed by atoms with Gasteiger partial charge in [0, 0.05) is 7.05 Å². The summed E-state index contributed by atoms with van der Waals surface area (Å²) in [5.74, 6) is 1.34. The summed E-state index contributed by atoms with van der Waals surface area (Å²) in [6.45, 7) is 3.83. The molecule has 0 amide bonds. The van der Waals surface area contributed by atoms with E-state index in [-0.39, 0.29) is 0 Å². The third kappa shape index (κ3) is 2.11. The summed E-state index contributed by atoms with van der Waals surface area (Å²) < 4.78 is 7.47. The molecule has 86 valence electrons. The fraction of sp³-hybridized carbons (Fsp3) is 0.250. The van der Waals surface area contributed by atoms with Gasteiger partial charge in [0.1, 0.15) is 23.2 Å². The Morgan fingerprint density at radius 1 is 1.35 bits per heavy atom. The first-order valence-corrected chi connectivity index (χ1v) is 5.16. The molecule has 17 heavy (non-hydrogen) atoms. The van der Waals surface area contributed by atoms with E-state index >= 15 is 0 Å². The van der Waals surface area contributed by atoms with Crippen LogP contribution in [0.15, 0.2) is 18.3 Å². The fourth-order valence-electron chi connectivity index (χ4n) is 1.53. The average molecular weight is 228 g/mol. The van der Waals surface area contributed by atoms with Crippen molar-refractivity contribution >= 4 is 0 Å². The minimum atomic E-state index is 0.372. The number of pyridine rings is 1. The van der Waals surface area contributed by atoms with Crippen molar-refractivity contribution in [1.29, 1.82) is 5.26 Å². The molecule has 2 aromatic heterocycles. The van der Waals surface area contributed by atoms with Crippen molar-refractivity contribution in [3.8, 4) is 17.6 Å². The monoisotopic (exact) mass is 228 g/mol. The van der Waals surface area contributed by atoms with Gasteiger partial charge in [0.2, 0.25) is 0 Å². The highest BCUT2D eigenvalue weighted by Gasteiger charge is 2.11. The first-order valence-electron chi connectivity index (χ1n) is 5.16. The largest absolute Gasteiger partial charge is 0.452 e. The van der Waals surface area contributed by atoms with Crippen molar-refractivity contribution in [2.24, 2.45) is 7.05 Å². The van der Waals surface area contributed by atoms with Crippen molar-refractivity contribution < 1.29 is 4.74 Å². The van der Waals surface area contributed by atoms with Gasteiger partial charge < -0.3 is 4.74 Å². The second-order valence-corrected chi connectivity index (χ2v) is 3.72. The second-order valence-electron chi connectivity index (χ2n) is 3.72. The number of hydrogen-bond acceptors (Lipinski definition) is 4. The zero-order valence-corrected chi connectivity index (χ0v) is 9.93. The molecule has 2 aromatic rings. The topological polar surface area (TPSA) is 63.7 Å². The lowest BCUT2D eigenvalue weighted by Crippen LogP contribution is -1.93. The van der Waals surface area contributed by atoms with Gasteiger partial charge in [-0.15, -0.1) is 0 Å². The Labute approximate surface area is 99.3 Å². The summed E-state index contributed by atoms with van der Waals surface area (Å²) in [7, 11) is 1.87. The zero-order valence-electron chi connectivity index (χ0n) is 9.93. The summed E-state index contributed by atoms with van der Waals surface area (Å²) in [6.07, 6.45) is 1.53. The molecule has 0 radical (unpaired) electrons. The molecule has 0 saturated heterocycles. The van der Waals surface area contributed by atoms with Gasteiger partial charge in [-0.25, -0.2) is 4.98 Å². The Morgan fingerprint density at radius 3 is 2.59 bits per heavy atom. The van der Waals surface area contributed by atoms with Crippen LogP contribution in [0.4, 0.5) is 0 Å². The third-order valence-electron chi connectivity index (χ3n) is 2.51. The Hall–Kier alpha value is -2.35. The average Bonchev–Trinajstić information content (AvgIpc) is 2.57. The number of rotatable bonds is 2. The molecule has 0 spiro atoms. The molecule has 0 N–H and O–H groups in total. The van der Waals surface area contributed by atoms with Crippen molar-refractivity contribution in [2.75, 3.05) is 0 Å². The van der Waals surface area contributed by atoms with Crippen LogP contribution >= 0.6 is 0 Å². The maximum absolute atomic E-state index is 8.64. The standard InChI is InChI=1S/C12H12N4O/c1-8-12(9(2)16(3)15-8)17-11-5-4-10(6-13)14-7-11/h4-5,7H,1-3H3. The summed E-state index contributed by atoms with van der Waals surface area (Å²) >= 11 is 0. The normalized spacial score (nSPS) is 10.0. The van der Waals surface area contributed by atoms with Crippen molar-refractivity contribution in [1.82, 2.24) is 14.8 Å². The first kappa shape index (κ1) is 11.1. The van der Waals surface area contributed by atoms with Crippen LogP contribution < -0.4 is 4.74 Å². The lowest BCUT2D eigenvalue weighted by Gasteiger charge is -2.05. The molecule has 0 fully saturated rings. The second kappa shape index (κ2) is 4.26. The predicted molar refractivity (Wildman–Crippen MR) is 61.7 cm³/mol. The van der Waals surface area contributed by atoms with Gasteiger partial charge in [0.25, 0.3) is 0 Å². The molecule has 0 unspecified atom stereocenters. The lowest BCUT2D eigenvalue weighted by atomic mass is 10.3. The molecular formula is C12H12N4O. The number of aryl methyl sites for hydroxylation is 2. The van der Waals surface area contributed by atoms with Gasteiger partial charge in [-0.1, -0.05) is 0 Å². The van der Waals surface area contributed by atoms with E-state index in [2.05, 4.69) is 10.1 Å². The van der Waals surface area contributed by atoms with Crippen LogP contribution in [0.2, 0.25) is 0 Å². The molecule has 0 aliphatic heterocycles. The minimum Gasteiger partial charge on any atom is -0.452 e. The van der Waals surface area contributed by atoms with E-state index in [1.165, 1.54) is 6.20 Å². The van der Waals surface area contributed by atoms with Gasteiger partial charge in [-0.3, -0.25) is 4.68 Å². The number of nitrogens with zero attached hydrogens (tertiary/aromatic N) is 4. The Bertz CT molecular complexity index is 578. The highest BCUT2D eigenvalue weighted by Crippen LogP contribution is 2.27. The van der Waals surface area contributed by atoms with E-state index in [1.807, 2.05) is 27.0 Å². The maximum Gasteiger partial charge on any atom is 0.171 e. The molecule has 5 nitrogen and oxygen atoms in total. The SMILES string of the molecule is Cc1nn(C)c(C)c1Oc1ccc(C#N)nc1. The van der Waals surface area contributed by atoms with Crippen molar-refractivity contribution in [3.63, 3.8) is 0 Å². The van der Waals surface area contributed by atoms with Gasteiger partial charge in [-0.2, -0.15) is 10.4 Å². The van der Waals surface area contributed by atoms with Crippen molar-refractivity contribution in [2.45, 2.75) is 13.8 Å². The van der Waals surface area contributed by atoms with Crippen molar-refractivity contribution in [3.05, 3.63) is 35.4 Å². The summed E-state index contributed by atoms with van der Waals surface area (Å²) in [5, 5.41) is 12.9. The quantitative estimate of drug-likeness (QED) is 0.789. The van der Waals surface area contributed by atoms with Crippen LogP contribution in [0.3, 0.4) is 0 Å². The molecule has 0 atom stereocenters. The van der Waals surface area contributed by atoms with E-state index in [0.717, 1.165) is 17.1 Å². The Balaban J connectivity index is 2.29. The van der Waals surface area contributed by atoms with Crippen LogP contribution in [0, 0.1) is 25.2 Å². The molecule has 0 bridgehead atoms. The number of nitriles is 1. The predicted octanol–water partition coefficient (Wildman–Crippen LogP) is 2.10. The molecule has 0 aliphatic rings. The highest BCUT2D eigenvalue weighted by molar-refractivity contribution is 5.37. The van der Waals surface area contributed by atoms with E-state index in [9.17, 15) is 0 Å². The van der Waals surface area contributed by atoms with Gasteiger partial charge >= 0.3 is 0 Å². The molecule has 0 aromatic carbocycles. The van der Waals surface area contributed by atoms with Gasteiger partial charge in [0.15, 0.2) is 5.75 Å². The maximum atomic E-state index is 8.64. The highest BCUT2D eigenvalue weighted by atomic mass is 16.5. The number of ether oxygens (including phenoxy) is 1. The van der Waals surface area contributed by atoms with Crippen LogP contribution in [-0.2, 0) is 7.05 Å². The summed E-state index contributed by atoms with van der Waals surface area (Å²) in [6, 6.07) is 5.30. The van der Waals surface area contributed by atoms with E-state index in [0.29, 0.717) is 11.4 Å². The van der Waals surface area contributed by atoms with Crippen LogP contribution in [0.25, 0.3) is 0 Å². The van der Waals surface area contributed by atoms with Crippen LogP contribution in [-0.4, -0.2) is 14.8 Å². The molecule has 5 heteroatoms. The van der Waals surface area contributed by atoms with E-state index in [1.54, 1.807) is 16.8 Å². The van der Waals surface area contributed by atoms with Gasteiger partial charge in [0.05, 0.1) is 11.9 Å². The van der Waals surface area contributed by atoms with Crippen LogP contribution in [0.5, 0.6) is 11.5 Å². The molecule has 0 aliphatic carbocycles. The van der Waals surface area contributed by atoms with Gasteiger partial charge in [-0.05, 0) is 26.0 Å². The summed E-state index contributed by atoms with van der Waals surface area (Å²) in [5.41, 5.74) is 2.15. The molecule has 2 heterocycles. The number of aromatic nitrogens is 3. The van der Waals surface area contributed by atoms with E-state index < -0.39 is 0 Å². The lowest BCUT2D eigenvalue weighted by molar-refractivity contribution is 0.471. The van der Waals surface area contributed by atoms with E-state index in [4.69, 9.17) is 10.00 Å². The Kier molecular flexibility index (Phi) is 2.79. The first-order chi connectivity index (χ1) is 8.11. The number of hydrogen-bond donors (Lipinski definition) is 0. The molecular weight excluding hydrogens is 216 g/mol. The molecule has 0 saturated carbocycles. The third-order valence-corrected chi connectivity index (χ3v) is 2.51. The minimum absolute atomic E-state index is 0.372.